The zero-order valence-corrected chi connectivity index (χ0v) is 24.5. The zero-order valence-electron chi connectivity index (χ0n) is 23.7. The number of benzene rings is 2. The molecule has 9 nitrogen and oxygen atoms in total. The number of amides is 2. The normalized spacial score (nSPS) is 15.3. The molecule has 46 heavy (non-hydrogen) atoms. The quantitative estimate of drug-likeness (QED) is 0.207. The maximum Gasteiger partial charge on any atom is 0.433 e. The average Bonchev–Trinajstić information content (AvgIpc) is 3.00. The first-order valence-corrected chi connectivity index (χ1v) is 14.1. The van der Waals surface area contributed by atoms with E-state index in [1.54, 1.807) is 12.1 Å². The Kier molecular flexibility index (Phi) is 10.6. The molecule has 244 valence electrons. The SMILES string of the molecule is O=C(NC(Cc1ccc(Cl)cc1)C(=O)O)C(=Cc1cccc(C(F)(F)F)c1)NC(=O)C1CCN(c2nccc(C(F)(F)F)n2)CC1. The fourth-order valence-corrected chi connectivity index (χ4v) is 4.78. The zero-order chi connectivity index (χ0) is 33.6. The molecular formula is C30H26ClF6N5O4. The van der Waals surface area contributed by atoms with Crippen molar-refractivity contribution in [2.75, 3.05) is 18.0 Å². The second-order valence-electron chi connectivity index (χ2n) is 10.4. The van der Waals surface area contributed by atoms with Crippen molar-refractivity contribution >= 4 is 41.4 Å². The lowest BCUT2D eigenvalue weighted by Crippen LogP contribution is -2.47. The summed E-state index contributed by atoms with van der Waals surface area (Å²) in [5, 5.41) is 14.9. The third-order valence-corrected chi connectivity index (χ3v) is 7.32. The number of piperidine rings is 1. The van der Waals surface area contributed by atoms with Gasteiger partial charge in [-0.05, 0) is 60.4 Å². The maximum atomic E-state index is 13.3. The Bertz CT molecular complexity index is 1610. The highest BCUT2D eigenvalue weighted by atomic mass is 35.5. The molecule has 1 aromatic heterocycles. The Balaban J connectivity index is 1.53. The Morgan fingerprint density at radius 2 is 1.67 bits per heavy atom. The molecule has 1 fully saturated rings. The highest BCUT2D eigenvalue weighted by Gasteiger charge is 2.35. The minimum atomic E-state index is -4.69. The minimum Gasteiger partial charge on any atom is -0.480 e. The first-order valence-electron chi connectivity index (χ1n) is 13.7. The van der Waals surface area contributed by atoms with Crippen LogP contribution in [0.25, 0.3) is 6.08 Å². The number of nitrogens with one attached hydrogen (secondary N) is 2. The predicted octanol–water partition coefficient (Wildman–Crippen LogP) is 5.35. The lowest BCUT2D eigenvalue weighted by molar-refractivity contribution is -0.141. The number of carbonyl (C=O) groups excluding carboxylic acids is 2. The van der Waals surface area contributed by atoms with Gasteiger partial charge in [-0.1, -0.05) is 35.9 Å². The van der Waals surface area contributed by atoms with E-state index in [0.717, 1.165) is 36.5 Å². The molecule has 0 aliphatic carbocycles. The van der Waals surface area contributed by atoms with Crippen LogP contribution < -0.4 is 15.5 Å². The Morgan fingerprint density at radius 1 is 1.00 bits per heavy atom. The van der Waals surface area contributed by atoms with Gasteiger partial charge < -0.3 is 20.6 Å². The molecule has 3 N–H and O–H groups in total. The number of carbonyl (C=O) groups is 3. The summed E-state index contributed by atoms with van der Waals surface area (Å²) in [6, 6.07) is 9.39. The summed E-state index contributed by atoms with van der Waals surface area (Å²) in [5.74, 6) is -4.08. The molecule has 1 aliphatic heterocycles. The fourth-order valence-electron chi connectivity index (χ4n) is 4.66. The number of nitrogens with zero attached hydrogens (tertiary/aromatic N) is 3. The third-order valence-electron chi connectivity index (χ3n) is 7.07. The van der Waals surface area contributed by atoms with Crippen molar-refractivity contribution in [1.29, 1.82) is 0 Å². The van der Waals surface area contributed by atoms with Gasteiger partial charge in [0, 0.05) is 36.6 Å². The van der Waals surface area contributed by atoms with Crippen LogP contribution in [0.1, 0.15) is 35.2 Å². The van der Waals surface area contributed by atoms with E-state index < -0.39 is 59.1 Å². The van der Waals surface area contributed by atoms with Crippen LogP contribution in [0.5, 0.6) is 0 Å². The number of alkyl halides is 6. The largest absolute Gasteiger partial charge is 0.480 e. The standard InChI is InChI=1S/C30H26ClF6N5O4/c31-21-6-4-17(5-7-21)15-23(27(45)46)40-26(44)22(16-18-2-1-3-20(14-18)29(32,33)34)39-25(43)19-9-12-42(13-10-19)28-38-11-8-24(41-28)30(35,36)37/h1-8,11,14,16,19,23H,9-10,12-13,15H2,(H,39,43)(H,40,44)(H,45,46). The van der Waals surface area contributed by atoms with E-state index in [9.17, 15) is 45.8 Å². The van der Waals surface area contributed by atoms with Crippen LogP contribution in [0.3, 0.4) is 0 Å². The second-order valence-corrected chi connectivity index (χ2v) is 10.8. The molecule has 1 unspecified atom stereocenters. The van der Waals surface area contributed by atoms with Crippen molar-refractivity contribution in [2.24, 2.45) is 5.92 Å². The van der Waals surface area contributed by atoms with Crippen molar-refractivity contribution in [3.8, 4) is 0 Å². The van der Waals surface area contributed by atoms with E-state index in [0.29, 0.717) is 10.6 Å². The van der Waals surface area contributed by atoms with Gasteiger partial charge in [0.15, 0.2) is 0 Å². The van der Waals surface area contributed by atoms with Gasteiger partial charge in [0.25, 0.3) is 5.91 Å². The van der Waals surface area contributed by atoms with Crippen molar-refractivity contribution < 1.29 is 45.8 Å². The first kappa shape index (κ1) is 34.2. The van der Waals surface area contributed by atoms with Crippen molar-refractivity contribution in [3.63, 3.8) is 0 Å². The lowest BCUT2D eigenvalue weighted by Gasteiger charge is -2.31. The molecule has 2 heterocycles. The maximum absolute atomic E-state index is 13.3. The van der Waals surface area contributed by atoms with E-state index >= 15 is 0 Å². The molecule has 0 spiro atoms. The van der Waals surface area contributed by atoms with Gasteiger partial charge in [0.05, 0.1) is 5.56 Å². The first-order chi connectivity index (χ1) is 21.6. The number of hydrogen-bond acceptors (Lipinski definition) is 6. The Morgan fingerprint density at radius 3 is 2.28 bits per heavy atom. The van der Waals surface area contributed by atoms with E-state index in [2.05, 4.69) is 20.6 Å². The molecule has 0 bridgehead atoms. The van der Waals surface area contributed by atoms with Crippen LogP contribution in [-0.2, 0) is 33.2 Å². The van der Waals surface area contributed by atoms with Crippen LogP contribution in [-0.4, -0.2) is 52.0 Å². The Hall–Kier alpha value is -4.66. The molecular weight excluding hydrogens is 644 g/mol. The highest BCUT2D eigenvalue weighted by molar-refractivity contribution is 6.30. The third kappa shape index (κ3) is 9.19. The van der Waals surface area contributed by atoms with Crippen LogP contribution in [0.4, 0.5) is 32.3 Å². The second kappa shape index (κ2) is 14.2. The summed E-state index contributed by atoms with van der Waals surface area (Å²) in [6.45, 7) is 0.195. The van der Waals surface area contributed by atoms with Gasteiger partial charge in [-0.2, -0.15) is 26.3 Å². The van der Waals surface area contributed by atoms with Gasteiger partial charge in [0.1, 0.15) is 17.4 Å². The molecule has 3 aromatic rings. The van der Waals surface area contributed by atoms with Gasteiger partial charge in [-0.25, -0.2) is 14.8 Å². The summed E-state index contributed by atoms with van der Waals surface area (Å²) in [4.78, 5) is 47.5. The number of aliphatic carboxylic acids is 1. The number of hydrogen-bond donors (Lipinski definition) is 3. The topological polar surface area (TPSA) is 125 Å². The summed E-state index contributed by atoms with van der Waals surface area (Å²) in [7, 11) is 0. The summed E-state index contributed by atoms with van der Waals surface area (Å²) < 4.78 is 79.2. The minimum absolute atomic E-state index is 0.0960. The van der Waals surface area contributed by atoms with E-state index in [1.165, 1.54) is 23.1 Å². The molecule has 1 aliphatic rings. The number of aromatic nitrogens is 2. The molecule has 2 amide bonds. The number of halogens is 7. The van der Waals surface area contributed by atoms with Gasteiger partial charge in [-0.3, -0.25) is 9.59 Å². The monoisotopic (exact) mass is 669 g/mol. The molecule has 4 rings (SSSR count). The summed E-state index contributed by atoms with van der Waals surface area (Å²) in [5.41, 5.74) is -2.22. The van der Waals surface area contributed by atoms with Gasteiger partial charge >= 0.3 is 18.3 Å². The number of carboxylic acids is 1. The van der Waals surface area contributed by atoms with E-state index in [-0.39, 0.29) is 43.9 Å². The van der Waals surface area contributed by atoms with Gasteiger partial charge in [0.2, 0.25) is 11.9 Å². The summed E-state index contributed by atoms with van der Waals surface area (Å²) >= 11 is 5.87. The van der Waals surface area contributed by atoms with Gasteiger partial charge in [-0.15, -0.1) is 0 Å². The highest BCUT2D eigenvalue weighted by Crippen LogP contribution is 2.31. The van der Waals surface area contributed by atoms with Crippen molar-refractivity contribution in [1.82, 2.24) is 20.6 Å². The molecule has 1 saturated heterocycles. The lowest BCUT2D eigenvalue weighted by atomic mass is 9.96. The molecule has 1 atom stereocenters. The van der Waals surface area contributed by atoms with E-state index in [1.807, 2.05) is 0 Å². The van der Waals surface area contributed by atoms with Crippen LogP contribution >= 0.6 is 11.6 Å². The van der Waals surface area contributed by atoms with E-state index in [4.69, 9.17) is 11.6 Å². The summed E-state index contributed by atoms with van der Waals surface area (Å²) in [6.07, 6.45) is -7.32. The number of rotatable bonds is 9. The molecule has 2 aromatic carbocycles. The fraction of sp³-hybridized carbons (Fsp3) is 0.300. The predicted molar refractivity (Wildman–Crippen MR) is 154 cm³/mol. The number of carboxylic acid groups (broad SMARTS) is 1. The molecule has 0 radical (unpaired) electrons. The van der Waals surface area contributed by atoms with Crippen LogP contribution in [0, 0.1) is 5.92 Å². The Labute approximate surface area is 263 Å². The number of anilines is 1. The smallest absolute Gasteiger partial charge is 0.433 e. The van der Waals surface area contributed by atoms with Crippen LogP contribution in [0.2, 0.25) is 5.02 Å². The molecule has 16 heteroatoms. The average molecular weight is 670 g/mol. The van der Waals surface area contributed by atoms with Crippen molar-refractivity contribution in [3.05, 3.63) is 93.9 Å². The van der Waals surface area contributed by atoms with Crippen LogP contribution in [0.15, 0.2) is 66.5 Å². The van der Waals surface area contributed by atoms with Crippen molar-refractivity contribution in [2.45, 2.75) is 37.7 Å². The molecule has 0 saturated carbocycles.